The average Bonchev–Trinajstić information content (AvgIpc) is 2.78. The Bertz CT molecular complexity index is 346. The number of hydrogen-bond donors (Lipinski definition) is 3. The van der Waals surface area contributed by atoms with Gasteiger partial charge in [-0.25, -0.2) is 9.97 Å². The molecule has 0 radical (unpaired) electrons. The summed E-state index contributed by atoms with van der Waals surface area (Å²) in [5, 5.41) is 9.83. The molecule has 5 heteroatoms. The highest BCUT2D eigenvalue weighted by atomic mass is 15.1. The number of hydrogen-bond acceptors (Lipinski definition) is 5. The van der Waals surface area contributed by atoms with Crippen LogP contribution in [0.2, 0.25) is 0 Å². The smallest absolute Gasteiger partial charge is 0.131 e. The second kappa shape index (κ2) is 5.12. The van der Waals surface area contributed by atoms with E-state index in [1.54, 1.807) is 0 Å². The summed E-state index contributed by atoms with van der Waals surface area (Å²) in [5.74, 6) is 2.54. The van der Waals surface area contributed by atoms with Gasteiger partial charge in [0, 0.05) is 25.7 Å². The number of aryl methyl sites for hydroxylation is 1. The minimum atomic E-state index is 0.577. The molecular formula is C11H19N5. The van der Waals surface area contributed by atoms with Crippen LogP contribution in [0.15, 0.2) is 6.07 Å². The van der Waals surface area contributed by atoms with Crippen molar-refractivity contribution in [1.82, 2.24) is 15.3 Å². The fourth-order valence-electron chi connectivity index (χ4n) is 1.95. The summed E-state index contributed by atoms with van der Waals surface area (Å²) in [6, 6.07) is 2.51. The molecule has 0 bridgehead atoms. The molecule has 1 aliphatic rings. The van der Waals surface area contributed by atoms with Gasteiger partial charge in [-0.1, -0.05) is 0 Å². The first-order valence-corrected chi connectivity index (χ1v) is 5.78. The van der Waals surface area contributed by atoms with E-state index in [-0.39, 0.29) is 0 Å². The summed E-state index contributed by atoms with van der Waals surface area (Å²) in [6.45, 7) is 3.97. The van der Waals surface area contributed by atoms with Crippen molar-refractivity contribution in [2.75, 3.05) is 30.8 Å². The summed E-state index contributed by atoms with van der Waals surface area (Å²) >= 11 is 0. The van der Waals surface area contributed by atoms with E-state index in [2.05, 4.69) is 25.9 Å². The van der Waals surface area contributed by atoms with Gasteiger partial charge in [-0.3, -0.25) is 0 Å². The van der Waals surface area contributed by atoms with Crippen molar-refractivity contribution in [1.29, 1.82) is 0 Å². The zero-order valence-electron chi connectivity index (χ0n) is 9.88. The molecule has 0 spiro atoms. The third-order valence-electron chi connectivity index (χ3n) is 2.79. The molecule has 1 fully saturated rings. The first-order valence-electron chi connectivity index (χ1n) is 5.78. The van der Waals surface area contributed by atoms with Crippen molar-refractivity contribution in [2.24, 2.45) is 0 Å². The monoisotopic (exact) mass is 221 g/mol. The predicted octanol–water partition coefficient (Wildman–Crippen LogP) is 0.991. The van der Waals surface area contributed by atoms with E-state index in [4.69, 9.17) is 0 Å². The highest BCUT2D eigenvalue weighted by Crippen LogP contribution is 2.11. The van der Waals surface area contributed by atoms with Crippen LogP contribution < -0.4 is 16.0 Å². The Morgan fingerprint density at radius 1 is 1.44 bits per heavy atom. The molecule has 1 unspecified atom stereocenters. The molecule has 5 nitrogen and oxygen atoms in total. The Morgan fingerprint density at radius 2 is 2.25 bits per heavy atom. The largest absolute Gasteiger partial charge is 0.373 e. The van der Waals surface area contributed by atoms with Crippen molar-refractivity contribution in [3.8, 4) is 0 Å². The number of aromatic nitrogens is 2. The standard InChI is InChI=1S/C11H19N5/c1-8-15-10(12-2)6-11(16-8)14-7-9-4-3-5-13-9/h6,9,13H,3-5,7H2,1-2H3,(H2,12,14,15,16). The van der Waals surface area contributed by atoms with Crippen LogP contribution >= 0.6 is 0 Å². The molecule has 0 aliphatic carbocycles. The van der Waals surface area contributed by atoms with Gasteiger partial charge in [0.25, 0.3) is 0 Å². The molecule has 2 rings (SSSR count). The lowest BCUT2D eigenvalue weighted by Gasteiger charge is -2.12. The van der Waals surface area contributed by atoms with Crippen LogP contribution in [0.4, 0.5) is 11.6 Å². The van der Waals surface area contributed by atoms with E-state index in [9.17, 15) is 0 Å². The van der Waals surface area contributed by atoms with Gasteiger partial charge < -0.3 is 16.0 Å². The van der Waals surface area contributed by atoms with Crippen LogP contribution in [0.1, 0.15) is 18.7 Å². The Balaban J connectivity index is 1.94. The molecule has 2 heterocycles. The molecule has 16 heavy (non-hydrogen) atoms. The fraction of sp³-hybridized carbons (Fsp3) is 0.636. The molecule has 1 atom stereocenters. The minimum absolute atomic E-state index is 0.577. The van der Waals surface area contributed by atoms with Crippen LogP contribution in [0.5, 0.6) is 0 Å². The first-order chi connectivity index (χ1) is 7.78. The molecule has 88 valence electrons. The maximum atomic E-state index is 4.35. The average molecular weight is 221 g/mol. The Kier molecular flexibility index (Phi) is 3.56. The molecule has 1 aromatic rings. The second-order valence-electron chi connectivity index (χ2n) is 4.11. The summed E-state index contributed by atoms with van der Waals surface area (Å²) < 4.78 is 0. The topological polar surface area (TPSA) is 61.9 Å². The van der Waals surface area contributed by atoms with Crippen molar-refractivity contribution < 1.29 is 0 Å². The second-order valence-corrected chi connectivity index (χ2v) is 4.11. The van der Waals surface area contributed by atoms with Crippen LogP contribution in [-0.2, 0) is 0 Å². The Labute approximate surface area is 96.1 Å². The number of rotatable bonds is 4. The molecule has 1 aliphatic heterocycles. The normalized spacial score (nSPS) is 19.8. The molecule has 0 aromatic carbocycles. The number of nitrogens with zero attached hydrogens (tertiary/aromatic N) is 2. The van der Waals surface area contributed by atoms with Gasteiger partial charge >= 0.3 is 0 Å². The van der Waals surface area contributed by atoms with E-state index >= 15 is 0 Å². The summed E-state index contributed by atoms with van der Waals surface area (Å²) in [5.41, 5.74) is 0. The first kappa shape index (κ1) is 11.1. The fourth-order valence-corrected chi connectivity index (χ4v) is 1.95. The Morgan fingerprint density at radius 3 is 2.94 bits per heavy atom. The third-order valence-corrected chi connectivity index (χ3v) is 2.79. The van der Waals surface area contributed by atoms with Gasteiger partial charge in [0.1, 0.15) is 17.5 Å². The highest BCUT2D eigenvalue weighted by molar-refractivity contribution is 5.47. The van der Waals surface area contributed by atoms with Crippen molar-refractivity contribution in [3.63, 3.8) is 0 Å². The molecule has 3 N–H and O–H groups in total. The molecule has 0 amide bonds. The van der Waals surface area contributed by atoms with Crippen LogP contribution in [-0.4, -0.2) is 36.1 Å². The number of anilines is 2. The minimum Gasteiger partial charge on any atom is -0.373 e. The van der Waals surface area contributed by atoms with Gasteiger partial charge in [0.15, 0.2) is 0 Å². The van der Waals surface area contributed by atoms with Gasteiger partial charge in [0.2, 0.25) is 0 Å². The van der Waals surface area contributed by atoms with E-state index in [1.807, 2.05) is 20.0 Å². The number of nitrogens with one attached hydrogen (secondary N) is 3. The van der Waals surface area contributed by atoms with Crippen molar-refractivity contribution in [2.45, 2.75) is 25.8 Å². The van der Waals surface area contributed by atoms with E-state index in [0.717, 1.165) is 30.5 Å². The van der Waals surface area contributed by atoms with Crippen LogP contribution in [0, 0.1) is 6.92 Å². The SMILES string of the molecule is CNc1cc(NCC2CCCN2)nc(C)n1. The van der Waals surface area contributed by atoms with Gasteiger partial charge in [-0.2, -0.15) is 0 Å². The van der Waals surface area contributed by atoms with E-state index < -0.39 is 0 Å². The van der Waals surface area contributed by atoms with Crippen molar-refractivity contribution >= 4 is 11.6 Å². The zero-order valence-corrected chi connectivity index (χ0v) is 9.88. The lowest BCUT2D eigenvalue weighted by atomic mass is 10.2. The van der Waals surface area contributed by atoms with Gasteiger partial charge in [0.05, 0.1) is 0 Å². The molecule has 1 saturated heterocycles. The lowest BCUT2D eigenvalue weighted by molar-refractivity contribution is 0.632. The third kappa shape index (κ3) is 2.82. The Hall–Kier alpha value is -1.36. The summed E-state index contributed by atoms with van der Waals surface area (Å²) in [7, 11) is 1.87. The summed E-state index contributed by atoms with van der Waals surface area (Å²) in [4.78, 5) is 8.61. The van der Waals surface area contributed by atoms with E-state index in [0.29, 0.717) is 6.04 Å². The quantitative estimate of drug-likeness (QED) is 0.708. The molecule has 0 saturated carbocycles. The maximum absolute atomic E-state index is 4.35. The maximum Gasteiger partial charge on any atom is 0.131 e. The lowest BCUT2D eigenvalue weighted by Crippen LogP contribution is -2.29. The molecular weight excluding hydrogens is 202 g/mol. The van der Waals surface area contributed by atoms with Crippen LogP contribution in [0.3, 0.4) is 0 Å². The van der Waals surface area contributed by atoms with Gasteiger partial charge in [-0.15, -0.1) is 0 Å². The molecule has 1 aromatic heterocycles. The zero-order chi connectivity index (χ0) is 11.4. The van der Waals surface area contributed by atoms with Crippen molar-refractivity contribution in [3.05, 3.63) is 11.9 Å². The predicted molar refractivity (Wildman–Crippen MR) is 65.8 cm³/mol. The van der Waals surface area contributed by atoms with Crippen LogP contribution in [0.25, 0.3) is 0 Å². The van der Waals surface area contributed by atoms with E-state index in [1.165, 1.54) is 12.8 Å². The highest BCUT2D eigenvalue weighted by Gasteiger charge is 2.13. The summed E-state index contributed by atoms with van der Waals surface area (Å²) in [6.07, 6.45) is 2.52. The van der Waals surface area contributed by atoms with Gasteiger partial charge in [-0.05, 0) is 26.3 Å².